The highest BCUT2D eigenvalue weighted by atomic mass is 32.2. The molecule has 9 nitrogen and oxygen atoms in total. The minimum absolute atomic E-state index is 0.0135. The summed E-state index contributed by atoms with van der Waals surface area (Å²) in [6.07, 6.45) is 1.43. The number of ether oxygens (including phenoxy) is 3. The van der Waals surface area contributed by atoms with Crippen LogP contribution in [0.3, 0.4) is 0 Å². The molecule has 0 aliphatic rings. The molecule has 168 valence electrons. The molecule has 0 atom stereocenters. The van der Waals surface area contributed by atoms with Gasteiger partial charge in [-0.25, -0.2) is 17.9 Å². The van der Waals surface area contributed by atoms with Crippen LogP contribution in [0.4, 0.5) is 0 Å². The van der Waals surface area contributed by atoms with Crippen molar-refractivity contribution < 1.29 is 36.6 Å². The lowest BCUT2D eigenvalue weighted by molar-refractivity contribution is 0.0473. The summed E-state index contributed by atoms with van der Waals surface area (Å²) in [5, 5.41) is 0. The van der Waals surface area contributed by atoms with E-state index in [4.69, 9.17) is 18.6 Å². The maximum absolute atomic E-state index is 12.5. The number of rotatable bonds is 10. The molecule has 10 heteroatoms. The second-order valence-electron chi connectivity index (χ2n) is 6.50. The summed E-state index contributed by atoms with van der Waals surface area (Å²) in [6, 6.07) is 13.2. The van der Waals surface area contributed by atoms with Gasteiger partial charge in [0.2, 0.25) is 15.8 Å². The van der Waals surface area contributed by atoms with E-state index in [2.05, 4.69) is 4.72 Å². The Bertz CT molecular complexity index is 1200. The highest BCUT2D eigenvalue weighted by Crippen LogP contribution is 2.25. The molecule has 0 unspecified atom stereocenters. The molecule has 3 rings (SSSR count). The molecular weight excluding hydrogens is 438 g/mol. The number of nitrogens with one attached hydrogen (secondary N) is 1. The minimum atomic E-state index is -3.90. The first-order valence-corrected chi connectivity index (χ1v) is 10.9. The largest absolute Gasteiger partial charge is 0.497 e. The molecular formula is C22H21NO8S. The number of ketones is 1. The third-order valence-electron chi connectivity index (χ3n) is 4.44. The minimum Gasteiger partial charge on any atom is -0.497 e. The molecule has 0 aliphatic heterocycles. The Morgan fingerprint density at radius 2 is 1.81 bits per heavy atom. The number of carbonyl (C=O) groups excluding carboxylic acids is 2. The summed E-state index contributed by atoms with van der Waals surface area (Å²) in [5.74, 6) is -0.0949. The summed E-state index contributed by atoms with van der Waals surface area (Å²) in [4.78, 5) is 24.8. The first kappa shape index (κ1) is 23.0. The molecule has 0 saturated carbocycles. The SMILES string of the molecule is COc1ccc(C(=O)COC(=O)c2cccc(S(=O)(=O)NCc3ccco3)c2)c(OC)c1. The fourth-order valence-corrected chi connectivity index (χ4v) is 3.81. The molecule has 0 spiro atoms. The van der Waals surface area contributed by atoms with Crippen LogP contribution >= 0.6 is 0 Å². The van der Waals surface area contributed by atoms with Crippen molar-refractivity contribution in [2.24, 2.45) is 0 Å². The van der Waals surface area contributed by atoms with Crippen molar-refractivity contribution in [2.75, 3.05) is 20.8 Å². The first-order chi connectivity index (χ1) is 15.3. The second-order valence-corrected chi connectivity index (χ2v) is 8.26. The van der Waals surface area contributed by atoms with E-state index in [1.807, 2.05) is 0 Å². The number of hydrogen-bond acceptors (Lipinski definition) is 8. The fraction of sp³-hybridized carbons (Fsp3) is 0.182. The third kappa shape index (κ3) is 5.54. The monoisotopic (exact) mass is 459 g/mol. The Morgan fingerprint density at radius 3 is 2.50 bits per heavy atom. The summed E-state index contributed by atoms with van der Waals surface area (Å²) in [6.45, 7) is -0.586. The van der Waals surface area contributed by atoms with E-state index < -0.39 is 28.4 Å². The molecule has 32 heavy (non-hydrogen) atoms. The van der Waals surface area contributed by atoms with Crippen molar-refractivity contribution >= 4 is 21.8 Å². The predicted molar refractivity (Wildman–Crippen MR) is 113 cm³/mol. The average molecular weight is 459 g/mol. The Labute approximate surface area is 185 Å². The number of carbonyl (C=O) groups is 2. The van der Waals surface area contributed by atoms with Gasteiger partial charge in [0.1, 0.15) is 17.3 Å². The molecule has 0 saturated heterocycles. The normalized spacial score (nSPS) is 11.1. The lowest BCUT2D eigenvalue weighted by atomic mass is 10.1. The number of sulfonamides is 1. The molecule has 2 aromatic carbocycles. The molecule has 1 heterocycles. The van der Waals surface area contributed by atoms with Crippen LogP contribution in [0.5, 0.6) is 11.5 Å². The summed E-state index contributed by atoms with van der Waals surface area (Å²) in [7, 11) is -1.00. The van der Waals surface area contributed by atoms with Gasteiger partial charge in [0.05, 0.1) is 43.0 Å². The molecule has 0 radical (unpaired) electrons. The van der Waals surface area contributed by atoms with Gasteiger partial charge in [-0.1, -0.05) is 6.07 Å². The standard InChI is InChI=1S/C22H21NO8S/c1-28-16-8-9-19(21(12-16)29-2)20(24)14-31-22(25)15-5-3-7-18(11-15)32(26,27)23-13-17-6-4-10-30-17/h3-12,23H,13-14H2,1-2H3. The van der Waals surface area contributed by atoms with E-state index in [0.29, 0.717) is 11.5 Å². The van der Waals surface area contributed by atoms with E-state index in [9.17, 15) is 18.0 Å². The molecule has 0 bridgehead atoms. The maximum Gasteiger partial charge on any atom is 0.338 e. The van der Waals surface area contributed by atoms with Crippen molar-refractivity contribution in [1.82, 2.24) is 4.72 Å². The molecule has 0 aliphatic carbocycles. The van der Waals surface area contributed by atoms with Gasteiger partial charge in [-0.3, -0.25) is 4.79 Å². The highest BCUT2D eigenvalue weighted by molar-refractivity contribution is 7.89. The van der Waals surface area contributed by atoms with E-state index in [1.165, 1.54) is 50.8 Å². The van der Waals surface area contributed by atoms with Crippen LogP contribution < -0.4 is 14.2 Å². The molecule has 1 aromatic heterocycles. The van der Waals surface area contributed by atoms with Gasteiger partial charge in [0.15, 0.2) is 6.61 Å². The Balaban J connectivity index is 1.66. The number of methoxy groups -OCH3 is 2. The fourth-order valence-electron chi connectivity index (χ4n) is 2.77. The van der Waals surface area contributed by atoms with Crippen molar-refractivity contribution in [2.45, 2.75) is 11.4 Å². The molecule has 0 fully saturated rings. The highest BCUT2D eigenvalue weighted by Gasteiger charge is 2.19. The van der Waals surface area contributed by atoms with E-state index in [0.717, 1.165) is 0 Å². The lowest BCUT2D eigenvalue weighted by Gasteiger charge is -2.10. The number of esters is 1. The van der Waals surface area contributed by atoms with E-state index in [1.54, 1.807) is 24.3 Å². The molecule has 0 amide bonds. The van der Waals surface area contributed by atoms with Crippen LogP contribution in [0.1, 0.15) is 26.5 Å². The maximum atomic E-state index is 12.5. The topological polar surface area (TPSA) is 121 Å². The van der Waals surface area contributed by atoms with Crippen molar-refractivity contribution in [3.8, 4) is 11.5 Å². The quantitative estimate of drug-likeness (QED) is 0.363. The van der Waals surface area contributed by atoms with Gasteiger partial charge in [0, 0.05) is 6.07 Å². The smallest absolute Gasteiger partial charge is 0.338 e. The van der Waals surface area contributed by atoms with Crippen LogP contribution in [0.15, 0.2) is 70.2 Å². The summed E-state index contributed by atoms with van der Waals surface area (Å²) >= 11 is 0. The number of furan rings is 1. The van der Waals surface area contributed by atoms with E-state index in [-0.39, 0.29) is 28.3 Å². The van der Waals surface area contributed by atoms with Crippen LogP contribution in [0.25, 0.3) is 0 Å². The van der Waals surface area contributed by atoms with E-state index >= 15 is 0 Å². The Hall–Kier alpha value is -3.63. The van der Waals surface area contributed by atoms with Gasteiger partial charge in [-0.05, 0) is 42.5 Å². The zero-order valence-corrected chi connectivity index (χ0v) is 18.2. The zero-order chi connectivity index (χ0) is 23.1. The predicted octanol–water partition coefficient (Wildman–Crippen LogP) is 2.82. The Kier molecular flexibility index (Phi) is 7.29. The van der Waals surface area contributed by atoms with Gasteiger partial charge in [0.25, 0.3) is 0 Å². The van der Waals surface area contributed by atoms with Crippen LogP contribution in [0, 0.1) is 0 Å². The summed E-state index contributed by atoms with van der Waals surface area (Å²) < 4.78 is 47.8. The number of benzene rings is 2. The van der Waals surface area contributed by atoms with Crippen LogP contribution in [-0.4, -0.2) is 41.0 Å². The molecule has 1 N–H and O–H groups in total. The van der Waals surface area contributed by atoms with Gasteiger partial charge >= 0.3 is 5.97 Å². The number of Topliss-reactive ketones (excluding diaryl/α,β-unsaturated/α-hetero) is 1. The summed E-state index contributed by atoms with van der Waals surface area (Å²) in [5.41, 5.74) is 0.208. The Morgan fingerprint density at radius 1 is 1.00 bits per heavy atom. The van der Waals surface area contributed by atoms with Crippen molar-refractivity contribution in [1.29, 1.82) is 0 Å². The van der Waals surface area contributed by atoms with Crippen molar-refractivity contribution in [3.63, 3.8) is 0 Å². The third-order valence-corrected chi connectivity index (χ3v) is 5.84. The molecule has 3 aromatic rings. The van der Waals surface area contributed by atoms with Crippen LogP contribution in [-0.2, 0) is 21.3 Å². The van der Waals surface area contributed by atoms with Gasteiger partial charge < -0.3 is 18.6 Å². The first-order valence-electron chi connectivity index (χ1n) is 9.38. The van der Waals surface area contributed by atoms with Gasteiger partial charge in [-0.15, -0.1) is 0 Å². The van der Waals surface area contributed by atoms with Gasteiger partial charge in [-0.2, -0.15) is 0 Å². The van der Waals surface area contributed by atoms with Crippen LogP contribution in [0.2, 0.25) is 0 Å². The average Bonchev–Trinajstić information content (AvgIpc) is 3.34. The number of hydrogen-bond donors (Lipinski definition) is 1. The zero-order valence-electron chi connectivity index (χ0n) is 17.4. The van der Waals surface area contributed by atoms with Crippen molar-refractivity contribution in [3.05, 3.63) is 77.7 Å². The second kappa shape index (κ2) is 10.1. The lowest BCUT2D eigenvalue weighted by Crippen LogP contribution is -2.23.